The van der Waals surface area contributed by atoms with Gasteiger partial charge in [0, 0.05) is 29.7 Å². The van der Waals surface area contributed by atoms with E-state index in [0.717, 1.165) is 37.8 Å². The first-order chi connectivity index (χ1) is 12.1. The Balaban J connectivity index is 1.63. The summed E-state index contributed by atoms with van der Waals surface area (Å²) in [5.74, 6) is -0.212. The summed E-state index contributed by atoms with van der Waals surface area (Å²) in [5.41, 5.74) is 0.969. The van der Waals surface area contributed by atoms with Crippen LogP contribution in [0.1, 0.15) is 58.9 Å². The molecule has 0 saturated carbocycles. The average molecular weight is 362 g/mol. The van der Waals surface area contributed by atoms with Crippen LogP contribution in [-0.2, 0) is 6.42 Å². The summed E-state index contributed by atoms with van der Waals surface area (Å²) in [5, 5.41) is 6.92. The molecule has 0 unspecified atom stereocenters. The summed E-state index contributed by atoms with van der Waals surface area (Å²) in [7, 11) is 0. The van der Waals surface area contributed by atoms with Crippen LogP contribution in [0, 0.1) is 5.82 Å². The van der Waals surface area contributed by atoms with E-state index in [1.165, 1.54) is 6.07 Å². The molecule has 2 heterocycles. The number of piperidine rings is 1. The van der Waals surface area contributed by atoms with Gasteiger partial charge in [-0.1, -0.05) is 12.1 Å². The summed E-state index contributed by atoms with van der Waals surface area (Å²) in [6, 6.07) is 7.07. The Kier molecular flexibility index (Phi) is 5.29. The zero-order chi connectivity index (χ0) is 18.9. The number of hydrogen-bond acceptors (Lipinski definition) is 2. The molecule has 4 nitrogen and oxygen atoms in total. The molecule has 1 aromatic rings. The minimum Gasteiger partial charge on any atom is -0.335 e. The number of carbonyl (C=O) groups is 1. The molecule has 2 N–H and O–H groups in total. The van der Waals surface area contributed by atoms with Crippen molar-refractivity contribution in [3.8, 4) is 0 Å². The van der Waals surface area contributed by atoms with Gasteiger partial charge in [-0.3, -0.25) is 0 Å². The van der Waals surface area contributed by atoms with Crippen LogP contribution in [0.25, 0.3) is 0 Å². The van der Waals surface area contributed by atoms with Gasteiger partial charge in [0.25, 0.3) is 0 Å². The third-order valence-corrected chi connectivity index (χ3v) is 5.52. The number of carbonyl (C=O) groups excluding carboxylic acids is 1. The number of urea groups is 1. The molecule has 2 saturated heterocycles. The van der Waals surface area contributed by atoms with Crippen molar-refractivity contribution < 1.29 is 9.18 Å². The highest BCUT2D eigenvalue weighted by Crippen LogP contribution is 2.29. The van der Waals surface area contributed by atoms with Gasteiger partial charge >= 0.3 is 6.03 Å². The fraction of sp³-hybridized carbons (Fsp3) is 0.667. The van der Waals surface area contributed by atoms with Gasteiger partial charge in [-0.2, -0.15) is 0 Å². The molecule has 2 fully saturated rings. The van der Waals surface area contributed by atoms with Crippen molar-refractivity contribution in [1.82, 2.24) is 15.5 Å². The minimum atomic E-state index is -0.212. The molecule has 1 atom stereocenters. The Labute approximate surface area is 156 Å². The third kappa shape index (κ3) is 4.76. The molecule has 0 bridgehead atoms. The zero-order valence-corrected chi connectivity index (χ0v) is 16.4. The van der Waals surface area contributed by atoms with Crippen LogP contribution in [0.5, 0.6) is 0 Å². The second kappa shape index (κ2) is 7.18. The lowest BCUT2D eigenvalue weighted by atomic mass is 9.79. The predicted octanol–water partition coefficient (Wildman–Crippen LogP) is 3.85. The van der Waals surface area contributed by atoms with Crippen molar-refractivity contribution in [2.24, 2.45) is 0 Å². The minimum absolute atomic E-state index is 0.00563. The van der Waals surface area contributed by atoms with Crippen molar-refractivity contribution in [3.63, 3.8) is 0 Å². The van der Waals surface area contributed by atoms with Crippen molar-refractivity contribution in [2.45, 2.75) is 83.0 Å². The first kappa shape index (κ1) is 19.2. The highest BCUT2D eigenvalue weighted by atomic mass is 19.1. The van der Waals surface area contributed by atoms with E-state index in [2.05, 4.69) is 38.3 Å². The van der Waals surface area contributed by atoms with Crippen LogP contribution in [-0.4, -0.2) is 40.6 Å². The van der Waals surface area contributed by atoms with Gasteiger partial charge in [0.15, 0.2) is 0 Å². The predicted molar refractivity (Wildman–Crippen MR) is 103 cm³/mol. The lowest BCUT2D eigenvalue weighted by Gasteiger charge is -2.47. The first-order valence-electron chi connectivity index (χ1n) is 9.74. The number of benzene rings is 1. The Hall–Kier alpha value is -1.62. The van der Waals surface area contributed by atoms with Crippen LogP contribution in [0.15, 0.2) is 24.3 Å². The third-order valence-electron chi connectivity index (χ3n) is 5.52. The number of amides is 2. The molecular weight excluding hydrogens is 329 g/mol. The van der Waals surface area contributed by atoms with Crippen LogP contribution in [0.2, 0.25) is 0 Å². The lowest BCUT2D eigenvalue weighted by molar-refractivity contribution is 0.137. The normalized spacial score (nSPS) is 25.3. The number of hydrogen-bond donors (Lipinski definition) is 2. The maximum Gasteiger partial charge on any atom is 0.317 e. The van der Waals surface area contributed by atoms with E-state index >= 15 is 0 Å². The van der Waals surface area contributed by atoms with Crippen LogP contribution < -0.4 is 10.6 Å². The van der Waals surface area contributed by atoms with Gasteiger partial charge in [0.2, 0.25) is 0 Å². The molecule has 2 aliphatic rings. The topological polar surface area (TPSA) is 44.4 Å². The number of nitrogens with one attached hydrogen (secondary N) is 2. The molecule has 0 radical (unpaired) electrons. The van der Waals surface area contributed by atoms with Gasteiger partial charge in [-0.25, -0.2) is 9.18 Å². The Bertz CT molecular complexity index is 642. The molecule has 2 aliphatic heterocycles. The standard InChI is InChI=1S/C21H32FN3O/c1-20(2)13-17(14-21(3,4)24-20)23-19(26)25-10-6-9-18(25)12-15-7-5-8-16(22)11-15/h5,7-8,11,17-18,24H,6,9-10,12-14H2,1-4H3,(H,23,26)/t18-/m0/s1. The molecule has 0 aliphatic carbocycles. The van der Waals surface area contributed by atoms with Crippen molar-refractivity contribution >= 4 is 6.03 Å². The second-order valence-electron chi connectivity index (χ2n) is 9.27. The molecular formula is C21H32FN3O. The Morgan fingerprint density at radius 3 is 2.62 bits per heavy atom. The Morgan fingerprint density at radius 1 is 1.27 bits per heavy atom. The summed E-state index contributed by atoms with van der Waals surface area (Å²) >= 11 is 0. The van der Waals surface area contributed by atoms with E-state index in [1.807, 2.05) is 11.0 Å². The summed E-state index contributed by atoms with van der Waals surface area (Å²) in [6.07, 6.45) is 4.55. The molecule has 3 rings (SSSR count). The molecule has 5 heteroatoms. The number of likely N-dealkylation sites (tertiary alicyclic amines) is 1. The number of rotatable bonds is 3. The van der Waals surface area contributed by atoms with Gasteiger partial charge < -0.3 is 15.5 Å². The van der Waals surface area contributed by atoms with E-state index in [-0.39, 0.29) is 35.0 Å². The summed E-state index contributed by atoms with van der Waals surface area (Å²) in [4.78, 5) is 14.9. The highest BCUT2D eigenvalue weighted by molar-refractivity contribution is 5.75. The molecule has 144 valence electrons. The largest absolute Gasteiger partial charge is 0.335 e. The first-order valence-corrected chi connectivity index (χ1v) is 9.74. The van der Waals surface area contributed by atoms with Crippen molar-refractivity contribution in [1.29, 1.82) is 0 Å². The smallest absolute Gasteiger partial charge is 0.317 e. The van der Waals surface area contributed by atoms with E-state index in [9.17, 15) is 9.18 Å². The van der Waals surface area contributed by atoms with Crippen molar-refractivity contribution in [3.05, 3.63) is 35.6 Å². The molecule has 26 heavy (non-hydrogen) atoms. The average Bonchev–Trinajstić information content (AvgIpc) is 2.92. The molecule has 0 spiro atoms. The summed E-state index contributed by atoms with van der Waals surface area (Å²) < 4.78 is 13.5. The van der Waals surface area contributed by atoms with E-state index in [4.69, 9.17) is 0 Å². The number of nitrogens with zero attached hydrogens (tertiary/aromatic N) is 1. The second-order valence-corrected chi connectivity index (χ2v) is 9.27. The molecule has 2 amide bonds. The quantitative estimate of drug-likeness (QED) is 0.859. The fourth-order valence-electron chi connectivity index (χ4n) is 4.93. The van der Waals surface area contributed by atoms with Crippen LogP contribution in [0.4, 0.5) is 9.18 Å². The van der Waals surface area contributed by atoms with Crippen LogP contribution in [0.3, 0.4) is 0 Å². The van der Waals surface area contributed by atoms with Gasteiger partial charge in [0.1, 0.15) is 5.82 Å². The van der Waals surface area contributed by atoms with Gasteiger partial charge in [-0.05, 0) is 77.5 Å². The Morgan fingerprint density at radius 2 is 1.96 bits per heavy atom. The SMILES string of the molecule is CC1(C)CC(NC(=O)N2CCC[C@H]2Cc2cccc(F)c2)CC(C)(C)N1. The molecule has 1 aromatic carbocycles. The van der Waals surface area contributed by atoms with Crippen LogP contribution >= 0.6 is 0 Å². The van der Waals surface area contributed by atoms with Gasteiger partial charge in [0.05, 0.1) is 0 Å². The molecule has 0 aromatic heterocycles. The van der Waals surface area contributed by atoms with E-state index in [0.29, 0.717) is 6.42 Å². The zero-order valence-electron chi connectivity index (χ0n) is 16.4. The summed E-state index contributed by atoms with van der Waals surface area (Å²) in [6.45, 7) is 9.54. The van der Waals surface area contributed by atoms with Gasteiger partial charge in [-0.15, -0.1) is 0 Å². The van der Waals surface area contributed by atoms with E-state index in [1.54, 1.807) is 12.1 Å². The lowest BCUT2D eigenvalue weighted by Crippen LogP contribution is -2.63. The van der Waals surface area contributed by atoms with E-state index < -0.39 is 0 Å². The maximum absolute atomic E-state index is 13.5. The fourth-order valence-corrected chi connectivity index (χ4v) is 4.93. The monoisotopic (exact) mass is 361 g/mol. The highest BCUT2D eigenvalue weighted by Gasteiger charge is 2.39. The number of halogens is 1. The maximum atomic E-state index is 13.5. The van der Waals surface area contributed by atoms with Crippen molar-refractivity contribution in [2.75, 3.05) is 6.54 Å².